The molecular weight excluding hydrogens is 528 g/mol. The van der Waals surface area contributed by atoms with Crippen LogP contribution in [-0.2, 0) is 0 Å². The van der Waals surface area contributed by atoms with Gasteiger partial charge in [0.2, 0.25) is 0 Å². The molecule has 6 rings (SSSR count). The van der Waals surface area contributed by atoms with Crippen molar-refractivity contribution in [3.8, 4) is 22.8 Å². The van der Waals surface area contributed by atoms with E-state index >= 15 is 0 Å². The number of fused-ring (bicyclic) bond motifs is 1. The van der Waals surface area contributed by atoms with Gasteiger partial charge in [0.05, 0.1) is 12.1 Å². The summed E-state index contributed by atoms with van der Waals surface area (Å²) < 4.78 is 7.30. The Bertz CT molecular complexity index is 1760. The number of carbonyl (C=O) groups is 1. The highest BCUT2D eigenvalue weighted by Crippen LogP contribution is 2.41. The highest BCUT2D eigenvalue weighted by atomic mass is 35.5. The molecule has 0 aliphatic rings. The lowest BCUT2D eigenvalue weighted by molar-refractivity contribution is 0.0991. The fourth-order valence-corrected chi connectivity index (χ4v) is 5.89. The van der Waals surface area contributed by atoms with Gasteiger partial charge in [0.1, 0.15) is 11.0 Å². The molecule has 6 nitrogen and oxygen atoms in total. The minimum absolute atomic E-state index is 0.0211. The highest BCUT2D eigenvalue weighted by Gasteiger charge is 2.29. The molecule has 0 aliphatic heterocycles. The molecule has 0 bridgehead atoms. The van der Waals surface area contributed by atoms with E-state index in [0.717, 1.165) is 33.5 Å². The summed E-state index contributed by atoms with van der Waals surface area (Å²) >= 11 is 7.95. The maximum Gasteiger partial charge on any atom is 0.197 e. The molecule has 6 aromatic rings. The Labute approximate surface area is 234 Å². The van der Waals surface area contributed by atoms with Crippen LogP contribution in [0.1, 0.15) is 21.2 Å². The zero-order valence-electron chi connectivity index (χ0n) is 20.9. The largest absolute Gasteiger partial charge is 0.497 e. The SMILES string of the molecule is COc1ccc(-n2c(S[C@@H](C(=O)c3c[nH]c4ccccc34)c3ccccc3)nnc2-c2ccccc2Cl)cc1. The van der Waals surface area contributed by atoms with Crippen molar-refractivity contribution >= 4 is 40.0 Å². The number of methoxy groups -OCH3 is 1. The number of nitrogens with zero attached hydrogens (tertiary/aromatic N) is 3. The van der Waals surface area contributed by atoms with Gasteiger partial charge in [-0.3, -0.25) is 9.36 Å². The van der Waals surface area contributed by atoms with Crippen LogP contribution in [0.3, 0.4) is 0 Å². The molecule has 0 saturated heterocycles. The van der Waals surface area contributed by atoms with Crippen molar-refractivity contribution in [2.24, 2.45) is 0 Å². The molecule has 192 valence electrons. The second-order valence-electron chi connectivity index (χ2n) is 8.84. The van der Waals surface area contributed by atoms with Crippen molar-refractivity contribution in [3.05, 3.63) is 125 Å². The standard InChI is InChI=1S/C31H23ClN4O2S/c1-38-22-17-15-21(16-18-22)36-30(24-12-5-7-13-26(24)32)34-35-31(36)39-29(20-9-3-2-4-10-20)28(37)25-19-33-27-14-8-6-11-23(25)27/h2-19,29,33H,1H3/t29-/m1/s1. The average molecular weight is 551 g/mol. The summed E-state index contributed by atoms with van der Waals surface area (Å²) in [7, 11) is 1.63. The van der Waals surface area contributed by atoms with Crippen LogP contribution in [0.4, 0.5) is 0 Å². The smallest absolute Gasteiger partial charge is 0.197 e. The summed E-state index contributed by atoms with van der Waals surface area (Å²) in [6.07, 6.45) is 1.78. The quantitative estimate of drug-likeness (QED) is 0.155. The van der Waals surface area contributed by atoms with Crippen molar-refractivity contribution in [2.75, 3.05) is 7.11 Å². The van der Waals surface area contributed by atoms with Gasteiger partial charge in [-0.05, 0) is 48.0 Å². The molecule has 8 heteroatoms. The Hall–Kier alpha value is -4.33. The predicted molar refractivity (Wildman–Crippen MR) is 156 cm³/mol. The van der Waals surface area contributed by atoms with Gasteiger partial charge in [0.25, 0.3) is 0 Å². The minimum Gasteiger partial charge on any atom is -0.497 e. The Morgan fingerprint density at radius 2 is 1.62 bits per heavy atom. The zero-order valence-corrected chi connectivity index (χ0v) is 22.5. The van der Waals surface area contributed by atoms with Gasteiger partial charge < -0.3 is 9.72 Å². The number of aromatic amines is 1. The Kier molecular flexibility index (Phi) is 6.92. The zero-order chi connectivity index (χ0) is 26.8. The van der Waals surface area contributed by atoms with Crippen LogP contribution in [0.5, 0.6) is 5.75 Å². The number of para-hydroxylation sites is 1. The molecule has 39 heavy (non-hydrogen) atoms. The number of thioether (sulfide) groups is 1. The normalized spacial score (nSPS) is 11.9. The van der Waals surface area contributed by atoms with E-state index < -0.39 is 5.25 Å². The topological polar surface area (TPSA) is 72.8 Å². The van der Waals surface area contributed by atoms with E-state index in [4.69, 9.17) is 16.3 Å². The van der Waals surface area contributed by atoms with Crippen molar-refractivity contribution < 1.29 is 9.53 Å². The molecular formula is C31H23ClN4O2S. The predicted octanol–water partition coefficient (Wildman–Crippen LogP) is 7.79. The second kappa shape index (κ2) is 10.8. The maximum atomic E-state index is 14.2. The van der Waals surface area contributed by atoms with Crippen LogP contribution >= 0.6 is 23.4 Å². The average Bonchev–Trinajstić information content (AvgIpc) is 3.61. The number of rotatable bonds is 8. The first-order valence-corrected chi connectivity index (χ1v) is 13.6. The molecule has 1 atom stereocenters. The fourth-order valence-electron chi connectivity index (χ4n) is 4.55. The van der Waals surface area contributed by atoms with E-state index in [9.17, 15) is 4.79 Å². The van der Waals surface area contributed by atoms with Crippen LogP contribution in [0.25, 0.3) is 28.0 Å². The number of hydrogen-bond donors (Lipinski definition) is 1. The summed E-state index contributed by atoms with van der Waals surface area (Å²) in [5.74, 6) is 1.30. The van der Waals surface area contributed by atoms with Crippen LogP contribution in [0, 0.1) is 0 Å². The lowest BCUT2D eigenvalue weighted by Gasteiger charge is -2.17. The number of H-pyrrole nitrogens is 1. The van der Waals surface area contributed by atoms with Crippen LogP contribution in [-0.4, -0.2) is 32.6 Å². The number of hydrogen-bond acceptors (Lipinski definition) is 5. The second-order valence-corrected chi connectivity index (χ2v) is 10.3. The van der Waals surface area contributed by atoms with Crippen molar-refractivity contribution in [1.82, 2.24) is 19.7 Å². The summed E-state index contributed by atoms with van der Waals surface area (Å²) in [4.78, 5) is 17.4. The van der Waals surface area contributed by atoms with Gasteiger partial charge >= 0.3 is 0 Å². The molecule has 0 saturated carbocycles. The van der Waals surface area contributed by atoms with E-state index in [0.29, 0.717) is 21.6 Å². The molecule has 2 heterocycles. The summed E-state index contributed by atoms with van der Waals surface area (Å²) in [5.41, 5.74) is 3.99. The van der Waals surface area contributed by atoms with Crippen LogP contribution in [0.2, 0.25) is 5.02 Å². The first-order chi connectivity index (χ1) is 19.1. The number of Topliss-reactive ketones (excluding diaryl/α,β-unsaturated/α-hetero) is 1. The van der Waals surface area contributed by atoms with E-state index in [1.165, 1.54) is 11.8 Å². The maximum absolute atomic E-state index is 14.2. The van der Waals surface area contributed by atoms with Crippen LogP contribution in [0.15, 0.2) is 114 Å². The molecule has 2 aromatic heterocycles. The van der Waals surface area contributed by atoms with E-state index in [2.05, 4.69) is 15.2 Å². The molecule has 0 amide bonds. The molecule has 0 aliphatic carbocycles. The number of benzene rings is 4. The van der Waals surface area contributed by atoms with Gasteiger partial charge in [0, 0.05) is 33.9 Å². The lowest BCUT2D eigenvalue weighted by Crippen LogP contribution is -2.11. The third kappa shape index (κ3) is 4.82. The molecule has 4 aromatic carbocycles. The number of ether oxygens (including phenoxy) is 1. The Morgan fingerprint density at radius 3 is 2.38 bits per heavy atom. The first kappa shape index (κ1) is 25.0. The Morgan fingerprint density at radius 1 is 0.897 bits per heavy atom. The van der Waals surface area contributed by atoms with Crippen LogP contribution < -0.4 is 4.74 Å². The lowest BCUT2D eigenvalue weighted by atomic mass is 10.0. The number of carbonyl (C=O) groups excluding carboxylic acids is 1. The minimum atomic E-state index is -0.564. The third-order valence-corrected chi connectivity index (χ3v) is 8.02. The van der Waals surface area contributed by atoms with E-state index in [1.807, 2.05) is 108 Å². The fraction of sp³-hybridized carbons (Fsp3) is 0.0645. The van der Waals surface area contributed by atoms with Crippen molar-refractivity contribution in [3.63, 3.8) is 0 Å². The van der Waals surface area contributed by atoms with Crippen molar-refractivity contribution in [2.45, 2.75) is 10.4 Å². The van der Waals surface area contributed by atoms with Gasteiger partial charge in [0.15, 0.2) is 16.8 Å². The molecule has 0 fully saturated rings. The number of ketones is 1. The van der Waals surface area contributed by atoms with Gasteiger partial charge in [-0.2, -0.15) is 0 Å². The van der Waals surface area contributed by atoms with Gasteiger partial charge in [-0.15, -0.1) is 10.2 Å². The molecule has 0 radical (unpaired) electrons. The first-order valence-electron chi connectivity index (χ1n) is 12.3. The summed E-state index contributed by atoms with van der Waals surface area (Å²) in [6, 6.07) is 32.7. The van der Waals surface area contributed by atoms with E-state index in [1.54, 1.807) is 13.3 Å². The van der Waals surface area contributed by atoms with Crippen molar-refractivity contribution in [1.29, 1.82) is 0 Å². The summed E-state index contributed by atoms with van der Waals surface area (Å²) in [6.45, 7) is 0. The van der Waals surface area contributed by atoms with Gasteiger partial charge in [-0.1, -0.05) is 84.0 Å². The highest BCUT2D eigenvalue weighted by molar-refractivity contribution is 8.00. The van der Waals surface area contributed by atoms with E-state index in [-0.39, 0.29) is 5.78 Å². The monoisotopic (exact) mass is 550 g/mol. The Balaban J connectivity index is 1.49. The molecule has 1 N–H and O–H groups in total. The number of nitrogens with one attached hydrogen (secondary N) is 1. The molecule has 0 spiro atoms. The number of halogens is 1. The summed E-state index contributed by atoms with van der Waals surface area (Å²) in [5, 5.41) is 10.6. The molecule has 0 unspecified atom stereocenters. The van der Waals surface area contributed by atoms with Gasteiger partial charge in [-0.25, -0.2) is 0 Å². The number of aromatic nitrogens is 4. The third-order valence-electron chi connectivity index (χ3n) is 6.50.